The molecule has 1 fully saturated rings. The van der Waals surface area contributed by atoms with Crippen LogP contribution in [0, 0.1) is 0 Å². The molecule has 0 aliphatic carbocycles. The molecule has 0 spiro atoms. The highest BCUT2D eigenvalue weighted by atomic mass is 16.6. The second kappa shape index (κ2) is 6.48. The smallest absolute Gasteiger partial charge is 0.267 e. The summed E-state index contributed by atoms with van der Waals surface area (Å²) in [5.74, 6) is 1.25. The molecule has 2 amide bonds. The number of nitrogens with zero attached hydrogens (tertiary/aromatic N) is 2. The first-order valence-electron chi connectivity index (χ1n) is 8.03. The van der Waals surface area contributed by atoms with Crippen LogP contribution in [0.15, 0.2) is 24.3 Å². The number of carbonyl (C=O) groups is 2. The number of hydrogen-bond acceptors (Lipinski definition) is 4. The lowest BCUT2D eigenvalue weighted by molar-refractivity contribution is -0.144. The van der Waals surface area contributed by atoms with Crippen molar-refractivity contribution in [2.24, 2.45) is 0 Å². The lowest BCUT2D eigenvalue weighted by Crippen LogP contribution is -2.51. The number of rotatable bonds is 1. The van der Waals surface area contributed by atoms with Gasteiger partial charge in [-0.05, 0) is 25.5 Å². The molecule has 0 aromatic heterocycles. The summed E-state index contributed by atoms with van der Waals surface area (Å²) < 4.78 is 11.7. The lowest BCUT2D eigenvalue weighted by atomic mass is 10.1. The maximum absolute atomic E-state index is 12.8. The van der Waals surface area contributed by atoms with Gasteiger partial charge in [0.05, 0.1) is 0 Å². The van der Waals surface area contributed by atoms with E-state index in [-0.39, 0.29) is 17.9 Å². The van der Waals surface area contributed by atoms with Gasteiger partial charge in [-0.1, -0.05) is 12.1 Å². The molecule has 1 aromatic rings. The largest absolute Gasteiger partial charge is 0.482 e. The first-order valence-corrected chi connectivity index (χ1v) is 8.03. The Morgan fingerprint density at radius 1 is 1.00 bits per heavy atom. The Labute approximate surface area is 136 Å². The van der Waals surface area contributed by atoms with Crippen molar-refractivity contribution in [2.75, 3.05) is 26.2 Å². The van der Waals surface area contributed by atoms with Crippen LogP contribution in [0.2, 0.25) is 0 Å². The molecule has 0 saturated carbocycles. The minimum atomic E-state index is -0.645. The van der Waals surface area contributed by atoms with Gasteiger partial charge in [-0.25, -0.2) is 0 Å². The summed E-state index contributed by atoms with van der Waals surface area (Å²) in [5, 5.41) is 0. The lowest BCUT2D eigenvalue weighted by Gasteiger charge is -2.34. The Bertz CT molecular complexity index is 604. The number of benzene rings is 1. The number of carbonyl (C=O) groups excluding carboxylic acids is 2. The van der Waals surface area contributed by atoms with E-state index in [1.54, 1.807) is 22.8 Å². The summed E-state index contributed by atoms with van der Waals surface area (Å²) in [6, 6.07) is 7.38. The quantitative estimate of drug-likeness (QED) is 0.783. The number of hydrogen-bond donors (Lipinski definition) is 0. The van der Waals surface area contributed by atoms with E-state index in [1.807, 2.05) is 25.1 Å². The third-order valence-corrected chi connectivity index (χ3v) is 4.34. The molecule has 0 N–H and O–H groups in total. The molecule has 2 unspecified atom stereocenters. The molecule has 2 aliphatic heterocycles. The number of fused-ring (bicyclic) bond motifs is 1. The minimum Gasteiger partial charge on any atom is -0.482 e. The zero-order chi connectivity index (χ0) is 16.4. The van der Waals surface area contributed by atoms with Crippen molar-refractivity contribution in [3.63, 3.8) is 0 Å². The van der Waals surface area contributed by atoms with Crippen molar-refractivity contribution in [1.29, 1.82) is 0 Å². The molecule has 124 valence electrons. The maximum atomic E-state index is 12.8. The van der Waals surface area contributed by atoms with Gasteiger partial charge in [-0.2, -0.15) is 0 Å². The molecule has 2 atom stereocenters. The highest BCUT2D eigenvalue weighted by Gasteiger charge is 2.37. The van der Waals surface area contributed by atoms with Crippen LogP contribution in [0.1, 0.15) is 20.3 Å². The Balaban J connectivity index is 1.69. The van der Waals surface area contributed by atoms with Gasteiger partial charge in [0, 0.05) is 33.1 Å². The fourth-order valence-corrected chi connectivity index (χ4v) is 3.02. The SMILES string of the molecule is CC(=O)N1CCCN(C(=O)C2Oc3ccccc3OC2C)CC1. The molecule has 2 heterocycles. The van der Waals surface area contributed by atoms with Crippen LogP contribution in [0.4, 0.5) is 0 Å². The van der Waals surface area contributed by atoms with Crippen molar-refractivity contribution in [3.8, 4) is 11.5 Å². The van der Waals surface area contributed by atoms with E-state index < -0.39 is 6.10 Å². The molecule has 1 saturated heterocycles. The van der Waals surface area contributed by atoms with Crippen LogP contribution in [0.25, 0.3) is 0 Å². The number of ether oxygens (including phenoxy) is 2. The fourth-order valence-electron chi connectivity index (χ4n) is 3.02. The Morgan fingerprint density at radius 3 is 2.30 bits per heavy atom. The van der Waals surface area contributed by atoms with Crippen LogP contribution >= 0.6 is 0 Å². The van der Waals surface area contributed by atoms with Crippen molar-refractivity contribution in [3.05, 3.63) is 24.3 Å². The topological polar surface area (TPSA) is 59.1 Å². The van der Waals surface area contributed by atoms with Gasteiger partial charge in [-0.15, -0.1) is 0 Å². The van der Waals surface area contributed by atoms with Gasteiger partial charge in [0.2, 0.25) is 12.0 Å². The highest BCUT2D eigenvalue weighted by Crippen LogP contribution is 2.33. The van der Waals surface area contributed by atoms with Crippen LogP contribution in [-0.4, -0.2) is 60.0 Å². The highest BCUT2D eigenvalue weighted by molar-refractivity contribution is 5.82. The van der Waals surface area contributed by atoms with Gasteiger partial charge < -0.3 is 19.3 Å². The van der Waals surface area contributed by atoms with Gasteiger partial charge in [0.1, 0.15) is 6.10 Å². The van der Waals surface area contributed by atoms with Gasteiger partial charge in [-0.3, -0.25) is 9.59 Å². The van der Waals surface area contributed by atoms with Crippen molar-refractivity contribution in [1.82, 2.24) is 9.80 Å². The van der Waals surface area contributed by atoms with Crippen molar-refractivity contribution < 1.29 is 19.1 Å². The Morgan fingerprint density at radius 2 is 1.61 bits per heavy atom. The average molecular weight is 318 g/mol. The zero-order valence-electron chi connectivity index (χ0n) is 13.5. The summed E-state index contributed by atoms with van der Waals surface area (Å²) >= 11 is 0. The second-order valence-electron chi connectivity index (χ2n) is 5.99. The van der Waals surface area contributed by atoms with Crippen molar-refractivity contribution in [2.45, 2.75) is 32.5 Å². The minimum absolute atomic E-state index is 0.0545. The summed E-state index contributed by atoms with van der Waals surface area (Å²) in [6.45, 7) is 5.84. The van der Waals surface area contributed by atoms with Gasteiger partial charge in [0.25, 0.3) is 5.91 Å². The average Bonchev–Trinajstić information content (AvgIpc) is 2.79. The number of amides is 2. The summed E-state index contributed by atoms with van der Waals surface area (Å²) in [7, 11) is 0. The van der Waals surface area contributed by atoms with Gasteiger partial charge >= 0.3 is 0 Å². The van der Waals surface area contributed by atoms with E-state index in [2.05, 4.69) is 0 Å². The third-order valence-electron chi connectivity index (χ3n) is 4.34. The normalized spacial score (nSPS) is 24.1. The Kier molecular flexibility index (Phi) is 4.41. The Hall–Kier alpha value is -2.24. The van der Waals surface area contributed by atoms with E-state index in [1.165, 1.54) is 0 Å². The summed E-state index contributed by atoms with van der Waals surface area (Å²) in [4.78, 5) is 27.9. The van der Waals surface area contributed by atoms with Crippen molar-refractivity contribution >= 4 is 11.8 Å². The molecule has 23 heavy (non-hydrogen) atoms. The fraction of sp³-hybridized carbons (Fsp3) is 0.529. The summed E-state index contributed by atoms with van der Waals surface area (Å²) in [5.41, 5.74) is 0. The van der Waals surface area contributed by atoms with E-state index in [0.717, 1.165) is 6.42 Å². The van der Waals surface area contributed by atoms with Crippen LogP contribution in [0.5, 0.6) is 11.5 Å². The zero-order valence-corrected chi connectivity index (χ0v) is 13.5. The molecular formula is C17H22N2O4. The molecular weight excluding hydrogens is 296 g/mol. The molecule has 6 heteroatoms. The molecule has 0 bridgehead atoms. The second-order valence-corrected chi connectivity index (χ2v) is 5.99. The van der Waals surface area contributed by atoms with E-state index >= 15 is 0 Å². The van der Waals surface area contributed by atoms with Crippen LogP contribution < -0.4 is 9.47 Å². The van der Waals surface area contributed by atoms with Crippen LogP contribution in [0.3, 0.4) is 0 Å². The standard InChI is InChI=1S/C17H22N2O4/c1-12-16(23-15-7-4-3-6-14(15)22-12)17(21)19-9-5-8-18(10-11-19)13(2)20/h3-4,6-7,12,16H,5,8-11H2,1-2H3. The van der Waals surface area contributed by atoms with E-state index in [0.29, 0.717) is 37.7 Å². The molecule has 1 aromatic carbocycles. The van der Waals surface area contributed by atoms with Gasteiger partial charge in [0.15, 0.2) is 11.5 Å². The first kappa shape index (κ1) is 15.6. The number of para-hydroxylation sites is 2. The maximum Gasteiger partial charge on any atom is 0.267 e. The monoisotopic (exact) mass is 318 g/mol. The first-order chi connectivity index (χ1) is 11.1. The van der Waals surface area contributed by atoms with E-state index in [4.69, 9.17) is 9.47 Å². The predicted octanol–water partition coefficient (Wildman–Crippen LogP) is 1.30. The molecule has 0 radical (unpaired) electrons. The summed E-state index contributed by atoms with van der Waals surface area (Å²) in [6.07, 6.45) is -0.206. The van der Waals surface area contributed by atoms with E-state index in [9.17, 15) is 9.59 Å². The van der Waals surface area contributed by atoms with Crippen LogP contribution in [-0.2, 0) is 9.59 Å². The molecule has 6 nitrogen and oxygen atoms in total. The molecule has 3 rings (SSSR count). The predicted molar refractivity (Wildman–Crippen MR) is 84.4 cm³/mol. The third kappa shape index (κ3) is 3.25. The molecule has 2 aliphatic rings.